The fraction of sp³-hybridized carbons (Fsp3) is 0.714. The molecule has 17 heavy (non-hydrogen) atoms. The molecule has 0 aliphatic carbocycles. The van der Waals surface area contributed by atoms with Gasteiger partial charge in [0.15, 0.2) is 0 Å². The van der Waals surface area contributed by atoms with Crippen molar-refractivity contribution in [3.63, 3.8) is 0 Å². The number of thiophene rings is 1. The molecule has 0 aliphatic rings. The second-order valence-corrected chi connectivity index (χ2v) is 7.19. The van der Waals surface area contributed by atoms with Gasteiger partial charge in [0, 0.05) is 23.0 Å². The van der Waals surface area contributed by atoms with E-state index < -0.39 is 0 Å². The highest BCUT2D eigenvalue weighted by atomic mass is 32.1. The zero-order chi connectivity index (χ0) is 13.3. The van der Waals surface area contributed by atoms with Crippen LogP contribution in [0.3, 0.4) is 0 Å². The second-order valence-electron chi connectivity index (χ2n) is 6.21. The van der Waals surface area contributed by atoms with Crippen LogP contribution in [-0.2, 0) is 0 Å². The van der Waals surface area contributed by atoms with Crippen molar-refractivity contribution in [2.24, 2.45) is 11.1 Å². The summed E-state index contributed by atoms with van der Waals surface area (Å²) in [5, 5.41) is 2.14. The standard InChI is InChI=1S/C14H26N2S/c1-11(12-8-7-9-17-12)16(6)10-13(2,3)14(4,5)15/h7-9,11H,10,15H2,1-6H3. The van der Waals surface area contributed by atoms with Crippen molar-refractivity contribution in [2.45, 2.75) is 46.2 Å². The molecule has 0 spiro atoms. The fourth-order valence-corrected chi connectivity index (χ4v) is 2.56. The smallest absolute Gasteiger partial charge is 0.0410 e. The highest BCUT2D eigenvalue weighted by Gasteiger charge is 2.35. The maximum atomic E-state index is 6.26. The van der Waals surface area contributed by atoms with Gasteiger partial charge in [-0.15, -0.1) is 11.3 Å². The highest BCUT2D eigenvalue weighted by molar-refractivity contribution is 7.10. The van der Waals surface area contributed by atoms with Crippen LogP contribution in [0.15, 0.2) is 17.5 Å². The maximum absolute atomic E-state index is 6.26. The Morgan fingerprint density at radius 2 is 1.94 bits per heavy atom. The van der Waals surface area contributed by atoms with Crippen LogP contribution >= 0.6 is 11.3 Å². The lowest BCUT2D eigenvalue weighted by atomic mass is 9.75. The van der Waals surface area contributed by atoms with Crippen LogP contribution in [0.25, 0.3) is 0 Å². The van der Waals surface area contributed by atoms with E-state index in [1.54, 1.807) is 0 Å². The van der Waals surface area contributed by atoms with Crippen molar-refractivity contribution in [2.75, 3.05) is 13.6 Å². The Labute approximate surface area is 110 Å². The van der Waals surface area contributed by atoms with E-state index in [1.165, 1.54) is 4.88 Å². The average molecular weight is 254 g/mol. The summed E-state index contributed by atoms with van der Waals surface area (Å²) in [4.78, 5) is 3.80. The predicted octanol–water partition coefficient (Wildman–Crippen LogP) is 3.50. The molecule has 0 saturated carbocycles. The molecule has 2 nitrogen and oxygen atoms in total. The summed E-state index contributed by atoms with van der Waals surface area (Å²) < 4.78 is 0. The molecule has 0 aliphatic heterocycles. The highest BCUT2D eigenvalue weighted by Crippen LogP contribution is 2.32. The van der Waals surface area contributed by atoms with E-state index in [4.69, 9.17) is 5.73 Å². The SMILES string of the molecule is CC(c1cccs1)N(C)CC(C)(C)C(C)(C)N. The second kappa shape index (κ2) is 5.09. The molecular formula is C14H26N2S. The van der Waals surface area contributed by atoms with E-state index >= 15 is 0 Å². The molecule has 0 radical (unpaired) electrons. The molecule has 0 saturated heterocycles. The van der Waals surface area contributed by atoms with Crippen molar-refractivity contribution in [1.29, 1.82) is 0 Å². The van der Waals surface area contributed by atoms with Gasteiger partial charge in [-0.05, 0) is 44.7 Å². The summed E-state index contributed by atoms with van der Waals surface area (Å²) in [6, 6.07) is 4.77. The number of nitrogens with zero attached hydrogens (tertiary/aromatic N) is 1. The number of rotatable bonds is 5. The minimum absolute atomic E-state index is 0.0905. The number of hydrogen-bond acceptors (Lipinski definition) is 3. The van der Waals surface area contributed by atoms with Crippen molar-refractivity contribution >= 4 is 11.3 Å². The van der Waals surface area contributed by atoms with E-state index in [2.05, 4.69) is 64.1 Å². The van der Waals surface area contributed by atoms with Crippen LogP contribution < -0.4 is 5.73 Å². The van der Waals surface area contributed by atoms with Gasteiger partial charge in [0.1, 0.15) is 0 Å². The molecule has 1 aromatic heterocycles. The van der Waals surface area contributed by atoms with Crippen molar-refractivity contribution in [3.8, 4) is 0 Å². The third-order valence-electron chi connectivity index (χ3n) is 4.01. The zero-order valence-electron chi connectivity index (χ0n) is 11.9. The summed E-state index contributed by atoms with van der Waals surface area (Å²) in [6.07, 6.45) is 0. The Kier molecular flexibility index (Phi) is 4.39. The summed E-state index contributed by atoms with van der Waals surface area (Å²) in [7, 11) is 2.18. The number of nitrogens with two attached hydrogens (primary N) is 1. The largest absolute Gasteiger partial charge is 0.325 e. The Morgan fingerprint density at radius 1 is 1.35 bits per heavy atom. The van der Waals surface area contributed by atoms with E-state index in [0.717, 1.165) is 6.54 Å². The molecular weight excluding hydrogens is 228 g/mol. The summed E-state index contributed by atoms with van der Waals surface area (Å²) in [5.41, 5.74) is 6.18. The van der Waals surface area contributed by atoms with Crippen LogP contribution in [0.1, 0.15) is 45.5 Å². The van der Waals surface area contributed by atoms with Crippen LogP contribution in [0.2, 0.25) is 0 Å². The van der Waals surface area contributed by atoms with Crippen LogP contribution in [-0.4, -0.2) is 24.0 Å². The first-order valence-electron chi connectivity index (χ1n) is 6.18. The Balaban J connectivity index is 2.70. The third-order valence-corrected chi connectivity index (χ3v) is 5.05. The van der Waals surface area contributed by atoms with Gasteiger partial charge < -0.3 is 5.73 Å². The monoisotopic (exact) mass is 254 g/mol. The van der Waals surface area contributed by atoms with Gasteiger partial charge >= 0.3 is 0 Å². The van der Waals surface area contributed by atoms with Gasteiger partial charge in [0.05, 0.1) is 0 Å². The lowest BCUT2D eigenvalue weighted by Gasteiger charge is -2.42. The molecule has 1 rings (SSSR count). The zero-order valence-corrected chi connectivity index (χ0v) is 12.8. The Morgan fingerprint density at radius 3 is 2.35 bits per heavy atom. The molecule has 0 bridgehead atoms. The molecule has 1 unspecified atom stereocenters. The van der Waals surface area contributed by atoms with Gasteiger partial charge in [-0.3, -0.25) is 4.90 Å². The molecule has 1 heterocycles. The van der Waals surface area contributed by atoms with Crippen LogP contribution in [0, 0.1) is 5.41 Å². The quantitative estimate of drug-likeness (QED) is 0.871. The normalized spacial score (nSPS) is 15.3. The first kappa shape index (κ1) is 14.7. The average Bonchev–Trinajstić information content (AvgIpc) is 2.66. The molecule has 0 aromatic carbocycles. The maximum Gasteiger partial charge on any atom is 0.0410 e. The molecule has 0 amide bonds. The van der Waals surface area contributed by atoms with E-state index in [1.807, 2.05) is 11.3 Å². The van der Waals surface area contributed by atoms with Crippen molar-refractivity contribution < 1.29 is 0 Å². The molecule has 2 N–H and O–H groups in total. The Bertz CT molecular complexity index is 336. The summed E-state index contributed by atoms with van der Waals surface area (Å²) in [5.74, 6) is 0. The van der Waals surface area contributed by atoms with Crippen molar-refractivity contribution in [3.05, 3.63) is 22.4 Å². The molecule has 98 valence electrons. The van der Waals surface area contributed by atoms with Gasteiger partial charge in [0.2, 0.25) is 0 Å². The number of hydrogen-bond donors (Lipinski definition) is 1. The fourth-order valence-electron chi connectivity index (χ4n) is 1.71. The predicted molar refractivity (Wildman–Crippen MR) is 77.4 cm³/mol. The first-order valence-corrected chi connectivity index (χ1v) is 7.05. The van der Waals surface area contributed by atoms with Crippen LogP contribution in [0.5, 0.6) is 0 Å². The lowest BCUT2D eigenvalue weighted by Crippen LogP contribution is -2.52. The minimum atomic E-state index is -0.170. The van der Waals surface area contributed by atoms with E-state index in [-0.39, 0.29) is 11.0 Å². The van der Waals surface area contributed by atoms with Crippen LogP contribution in [0.4, 0.5) is 0 Å². The van der Waals surface area contributed by atoms with Gasteiger partial charge in [-0.25, -0.2) is 0 Å². The molecule has 1 aromatic rings. The van der Waals surface area contributed by atoms with E-state index in [9.17, 15) is 0 Å². The molecule has 3 heteroatoms. The summed E-state index contributed by atoms with van der Waals surface area (Å²) in [6.45, 7) is 11.9. The van der Waals surface area contributed by atoms with Gasteiger partial charge in [-0.1, -0.05) is 19.9 Å². The van der Waals surface area contributed by atoms with Crippen molar-refractivity contribution in [1.82, 2.24) is 4.90 Å². The lowest BCUT2D eigenvalue weighted by molar-refractivity contribution is 0.109. The molecule has 0 fully saturated rings. The third kappa shape index (κ3) is 3.54. The minimum Gasteiger partial charge on any atom is -0.325 e. The van der Waals surface area contributed by atoms with E-state index in [0.29, 0.717) is 6.04 Å². The topological polar surface area (TPSA) is 29.3 Å². The summed E-state index contributed by atoms with van der Waals surface area (Å²) >= 11 is 1.82. The van der Waals surface area contributed by atoms with Gasteiger partial charge in [-0.2, -0.15) is 0 Å². The van der Waals surface area contributed by atoms with Gasteiger partial charge in [0.25, 0.3) is 0 Å². The Hall–Kier alpha value is -0.380. The molecule has 1 atom stereocenters. The first-order chi connectivity index (χ1) is 7.65.